The minimum absolute atomic E-state index is 0.0340. The molecule has 0 spiro atoms. The molecular weight excluding hydrogens is 344 g/mol. The van der Waals surface area contributed by atoms with Crippen molar-refractivity contribution in [2.45, 2.75) is 53.0 Å². The van der Waals surface area contributed by atoms with E-state index >= 15 is 0 Å². The summed E-state index contributed by atoms with van der Waals surface area (Å²) in [5, 5.41) is 0. The van der Waals surface area contributed by atoms with Gasteiger partial charge in [-0.3, -0.25) is 19.1 Å². The predicted molar refractivity (Wildman–Crippen MR) is 100 cm³/mol. The van der Waals surface area contributed by atoms with Crippen LogP contribution in [0, 0.1) is 34.5 Å². The number of aromatic amines is 2. The average Bonchev–Trinajstić information content (AvgIpc) is 3.11. The lowest BCUT2D eigenvalue weighted by Crippen LogP contribution is -2.42. The van der Waals surface area contributed by atoms with Crippen molar-refractivity contribution >= 4 is 16.9 Å². The highest BCUT2D eigenvalue weighted by Crippen LogP contribution is 2.72. The molecule has 2 N–H and O–H groups in total. The van der Waals surface area contributed by atoms with Crippen LogP contribution in [0.25, 0.3) is 11.2 Å². The van der Waals surface area contributed by atoms with Crippen LogP contribution in [0.3, 0.4) is 0 Å². The average molecular weight is 370 g/mol. The van der Waals surface area contributed by atoms with Gasteiger partial charge >= 0.3 is 5.69 Å². The van der Waals surface area contributed by atoms with E-state index in [0.29, 0.717) is 36.4 Å². The molecule has 5 atom stereocenters. The summed E-state index contributed by atoms with van der Waals surface area (Å²) in [4.78, 5) is 47.0. The number of ketones is 1. The van der Waals surface area contributed by atoms with E-state index in [4.69, 9.17) is 0 Å². The fourth-order valence-electron chi connectivity index (χ4n) is 7.12. The molecule has 0 amide bonds. The number of hydrogen-bond acceptors (Lipinski definition) is 4. The Kier molecular flexibility index (Phi) is 3.27. The zero-order chi connectivity index (χ0) is 19.1. The number of aromatic nitrogens is 4. The second-order valence-electron chi connectivity index (χ2n) is 9.66. The monoisotopic (exact) mass is 370 g/mol. The highest BCUT2D eigenvalue weighted by atomic mass is 16.2. The summed E-state index contributed by atoms with van der Waals surface area (Å²) in [5.41, 5.74) is -0.00304. The van der Waals surface area contributed by atoms with Crippen LogP contribution in [0.15, 0.2) is 15.9 Å². The Hall–Kier alpha value is -2.18. The fraction of sp³-hybridized carbons (Fsp3) is 0.700. The first kappa shape index (κ1) is 17.0. The van der Waals surface area contributed by atoms with Gasteiger partial charge in [-0.05, 0) is 47.8 Å². The zero-order valence-electron chi connectivity index (χ0n) is 16.0. The summed E-state index contributed by atoms with van der Waals surface area (Å²) >= 11 is 0. The van der Waals surface area contributed by atoms with E-state index in [1.165, 1.54) is 17.3 Å². The van der Waals surface area contributed by atoms with E-state index in [0.717, 1.165) is 12.8 Å². The van der Waals surface area contributed by atoms with Crippen LogP contribution in [0.5, 0.6) is 0 Å². The largest absolute Gasteiger partial charge is 0.327 e. The Bertz CT molecular complexity index is 1060. The van der Waals surface area contributed by atoms with Crippen LogP contribution in [0.2, 0.25) is 0 Å². The summed E-state index contributed by atoms with van der Waals surface area (Å²) in [5.74, 6) is 1.57. The van der Waals surface area contributed by atoms with E-state index < -0.39 is 0 Å². The molecule has 7 nitrogen and oxygen atoms in total. The molecule has 5 rings (SSSR count). The van der Waals surface area contributed by atoms with Gasteiger partial charge in [-0.25, -0.2) is 9.78 Å². The Balaban J connectivity index is 1.63. The van der Waals surface area contributed by atoms with Gasteiger partial charge in [0.15, 0.2) is 11.2 Å². The van der Waals surface area contributed by atoms with E-state index in [1.54, 1.807) is 0 Å². The maximum Gasteiger partial charge on any atom is 0.327 e. The van der Waals surface area contributed by atoms with Crippen molar-refractivity contribution in [3.05, 3.63) is 27.2 Å². The Morgan fingerprint density at radius 1 is 1.22 bits per heavy atom. The summed E-state index contributed by atoms with van der Waals surface area (Å²) < 4.78 is 1.51. The van der Waals surface area contributed by atoms with Crippen LogP contribution < -0.4 is 11.2 Å². The number of H-pyrrole nitrogens is 2. The van der Waals surface area contributed by atoms with Crippen molar-refractivity contribution in [2.75, 3.05) is 0 Å². The summed E-state index contributed by atoms with van der Waals surface area (Å²) in [6, 6.07) is 0. The second-order valence-corrected chi connectivity index (χ2v) is 9.66. The third-order valence-electron chi connectivity index (χ3n) is 8.16. The van der Waals surface area contributed by atoms with Crippen LogP contribution in [0.4, 0.5) is 0 Å². The minimum Gasteiger partial charge on any atom is -0.311 e. The predicted octanol–water partition coefficient (Wildman–Crippen LogP) is 2.08. The number of nitrogens with one attached hydrogen (secondary N) is 2. The van der Waals surface area contributed by atoms with Gasteiger partial charge in [0.25, 0.3) is 5.56 Å². The van der Waals surface area contributed by atoms with Crippen molar-refractivity contribution in [2.24, 2.45) is 34.5 Å². The first-order valence-electron chi connectivity index (χ1n) is 9.94. The normalized spacial score (nSPS) is 37.1. The van der Waals surface area contributed by atoms with Crippen molar-refractivity contribution in [1.29, 1.82) is 0 Å². The standard InChI is InChI=1S/C20H26N4O3/c1-10-4-5-11-12-6-14(25)13(20(10,12)8-19(11,2)3)7-24-16-15(23-18(24)27)17(26)22-9-21-16/h9-13H,4-8H2,1-3H3,(H,23,27)(H,21,22,26)/t10-,11-,12+,13-,20-/m0/s1. The number of Topliss-reactive ketones (excluding diaryl/α,β-unsaturated/α-hetero) is 1. The Morgan fingerprint density at radius 3 is 2.78 bits per heavy atom. The molecule has 2 bridgehead atoms. The van der Waals surface area contributed by atoms with Crippen molar-refractivity contribution < 1.29 is 4.79 Å². The molecule has 3 fully saturated rings. The quantitative estimate of drug-likeness (QED) is 0.845. The third-order valence-corrected chi connectivity index (χ3v) is 8.16. The number of imidazole rings is 1. The van der Waals surface area contributed by atoms with Crippen LogP contribution in [-0.2, 0) is 11.3 Å². The molecule has 27 heavy (non-hydrogen) atoms. The Morgan fingerprint density at radius 2 is 2.00 bits per heavy atom. The van der Waals surface area contributed by atoms with E-state index in [9.17, 15) is 14.4 Å². The topological polar surface area (TPSA) is 101 Å². The molecule has 3 aliphatic rings. The first-order chi connectivity index (χ1) is 12.8. The maximum atomic E-state index is 13.1. The van der Waals surface area contributed by atoms with E-state index in [-0.39, 0.29) is 39.3 Å². The SMILES string of the molecule is C[C@H]1CC[C@H]2[C@H]3CC(=O)[C@H](Cn4c(=O)[nH]c5c(=O)[nH]cnc54)[C@]31CC2(C)C. The van der Waals surface area contributed by atoms with Gasteiger partial charge < -0.3 is 4.98 Å². The Labute approximate surface area is 156 Å². The number of carbonyl (C=O) groups is 1. The lowest BCUT2D eigenvalue weighted by molar-refractivity contribution is -0.124. The third kappa shape index (κ3) is 2.03. The second kappa shape index (κ2) is 5.20. The lowest BCUT2D eigenvalue weighted by atomic mass is 9.60. The maximum absolute atomic E-state index is 13.1. The molecule has 2 aromatic rings. The van der Waals surface area contributed by atoms with E-state index in [1.807, 2.05) is 0 Å². The number of nitrogens with zero attached hydrogens (tertiary/aromatic N) is 2. The van der Waals surface area contributed by atoms with E-state index in [2.05, 4.69) is 35.7 Å². The molecule has 2 heterocycles. The van der Waals surface area contributed by atoms with Crippen molar-refractivity contribution in [1.82, 2.24) is 19.5 Å². The number of hydrogen-bond donors (Lipinski definition) is 2. The smallest absolute Gasteiger partial charge is 0.311 e. The molecule has 7 heteroatoms. The first-order valence-corrected chi connectivity index (χ1v) is 9.94. The van der Waals surface area contributed by atoms with Crippen LogP contribution >= 0.6 is 0 Å². The molecule has 0 aliphatic heterocycles. The van der Waals surface area contributed by atoms with Gasteiger partial charge in [-0.15, -0.1) is 0 Å². The molecule has 3 aliphatic carbocycles. The molecule has 3 saturated carbocycles. The molecule has 0 saturated heterocycles. The summed E-state index contributed by atoms with van der Waals surface area (Å²) in [6.07, 6.45) is 5.33. The van der Waals surface area contributed by atoms with Gasteiger partial charge in [0.05, 0.1) is 6.33 Å². The van der Waals surface area contributed by atoms with Crippen molar-refractivity contribution in [3.63, 3.8) is 0 Å². The highest BCUT2D eigenvalue weighted by molar-refractivity contribution is 5.85. The van der Waals surface area contributed by atoms with Gasteiger partial charge in [-0.1, -0.05) is 20.8 Å². The zero-order valence-corrected chi connectivity index (χ0v) is 16.0. The summed E-state index contributed by atoms with van der Waals surface area (Å²) in [6.45, 7) is 7.29. The van der Waals surface area contributed by atoms with Crippen LogP contribution in [0.1, 0.15) is 46.5 Å². The van der Waals surface area contributed by atoms with Gasteiger partial charge in [0, 0.05) is 18.9 Å². The molecule has 0 unspecified atom stereocenters. The summed E-state index contributed by atoms with van der Waals surface area (Å²) in [7, 11) is 0. The molecule has 0 radical (unpaired) electrons. The number of rotatable bonds is 2. The number of fused-ring (bicyclic) bond motifs is 1. The van der Waals surface area contributed by atoms with Crippen LogP contribution in [-0.4, -0.2) is 25.3 Å². The molecular formula is C20H26N4O3. The molecule has 144 valence electrons. The van der Waals surface area contributed by atoms with Gasteiger partial charge in [0.1, 0.15) is 5.78 Å². The molecule has 0 aromatic carbocycles. The highest BCUT2D eigenvalue weighted by Gasteiger charge is 2.68. The molecule has 2 aromatic heterocycles. The minimum atomic E-state index is -0.363. The van der Waals surface area contributed by atoms with Crippen molar-refractivity contribution in [3.8, 4) is 0 Å². The fourth-order valence-corrected chi connectivity index (χ4v) is 7.12. The van der Waals surface area contributed by atoms with Gasteiger partial charge in [0.2, 0.25) is 0 Å². The number of carbonyl (C=O) groups excluding carboxylic acids is 1. The van der Waals surface area contributed by atoms with Gasteiger partial charge in [-0.2, -0.15) is 0 Å². The lowest BCUT2D eigenvalue weighted by Gasteiger charge is -2.44.